The van der Waals surface area contributed by atoms with Gasteiger partial charge in [0.05, 0.1) is 5.41 Å². The zero-order valence-corrected chi connectivity index (χ0v) is 26.6. The highest BCUT2D eigenvalue weighted by molar-refractivity contribution is 15.0. The first-order valence-corrected chi connectivity index (χ1v) is 18.9. The van der Waals surface area contributed by atoms with E-state index in [-0.39, 0.29) is 10.8 Å². The minimum Gasteiger partial charge on any atom is -0.347 e. The molecule has 0 bridgehead atoms. The lowest BCUT2D eigenvalue weighted by molar-refractivity contribution is -0.401. The Morgan fingerprint density at radius 3 is 1.95 bits per heavy atom. The van der Waals surface area contributed by atoms with E-state index in [0.717, 1.165) is 0 Å². The molecule has 0 aliphatic carbocycles. The molecule has 4 aromatic rings. The van der Waals surface area contributed by atoms with E-state index in [2.05, 4.69) is 180 Å². The van der Waals surface area contributed by atoms with Crippen LogP contribution in [0.5, 0.6) is 0 Å². The number of hydrogen-bond donors (Lipinski definition) is 0. The summed E-state index contributed by atoms with van der Waals surface area (Å²) >= 11 is 4.24. The maximum atomic E-state index is 2.36. The second kappa shape index (κ2) is 9.84. The molecule has 188 valence electrons. The summed E-state index contributed by atoms with van der Waals surface area (Å²) in [7, 11) is 4.39. The number of halogens is 2. The molecule has 2 nitrogen and oxygen atoms in total. The number of likely N-dealkylation sites (N-methyl/N-ethyl adjacent to an activating group) is 1. The summed E-state index contributed by atoms with van der Waals surface area (Å²) < 4.78 is 2.36. The predicted molar refractivity (Wildman–Crippen MR) is 178 cm³/mol. The van der Waals surface area contributed by atoms with Gasteiger partial charge in [-0.3, -0.25) is 0 Å². The van der Waals surface area contributed by atoms with Gasteiger partial charge >= 0.3 is 0 Å². The largest absolute Gasteiger partial charge is 0.347 e. The molecule has 4 aromatic carbocycles. The van der Waals surface area contributed by atoms with E-state index in [1.807, 2.05) is 0 Å². The summed E-state index contributed by atoms with van der Waals surface area (Å²) in [5, 5.41) is 5.31. The SMILES string of the molecule is CN1C(=CC=CC2=[N+](C)c3ccc4ccccc4c3C2(C)C)C(C)(C)c2c1ccc1ccccc21.II. The number of rotatable bonds is 2. The fourth-order valence-corrected chi connectivity index (χ4v) is 6.62. The van der Waals surface area contributed by atoms with Crippen LogP contribution in [0.25, 0.3) is 21.5 Å². The van der Waals surface area contributed by atoms with Gasteiger partial charge in [-0.2, -0.15) is 4.58 Å². The lowest BCUT2D eigenvalue weighted by atomic mass is 9.79. The highest BCUT2D eigenvalue weighted by Gasteiger charge is 2.44. The van der Waals surface area contributed by atoms with Gasteiger partial charge in [-0.05, 0) is 59.2 Å². The Morgan fingerprint density at radius 1 is 0.730 bits per heavy atom. The molecule has 37 heavy (non-hydrogen) atoms. The van der Waals surface area contributed by atoms with E-state index in [1.165, 1.54) is 55.5 Å². The van der Waals surface area contributed by atoms with E-state index >= 15 is 0 Å². The third kappa shape index (κ3) is 4.06. The zero-order valence-electron chi connectivity index (χ0n) is 22.3. The van der Waals surface area contributed by atoms with Crippen LogP contribution in [0.4, 0.5) is 11.4 Å². The van der Waals surface area contributed by atoms with Gasteiger partial charge in [0, 0.05) is 78.8 Å². The Labute approximate surface area is 244 Å². The lowest BCUT2D eigenvalue weighted by Gasteiger charge is -2.24. The van der Waals surface area contributed by atoms with E-state index in [9.17, 15) is 0 Å². The van der Waals surface area contributed by atoms with Crippen molar-refractivity contribution < 1.29 is 4.58 Å². The van der Waals surface area contributed by atoms with Crippen LogP contribution in [0.1, 0.15) is 38.8 Å². The second-order valence-electron chi connectivity index (χ2n) is 11.0. The Balaban J connectivity index is 0.00000137. The monoisotopic (exact) mass is 711 g/mol. The molecule has 4 heteroatoms. The zero-order chi connectivity index (χ0) is 26.5. The second-order valence-corrected chi connectivity index (χ2v) is 11.0. The number of hydrogen-bond acceptors (Lipinski definition) is 1. The highest BCUT2D eigenvalue weighted by Crippen LogP contribution is 2.50. The molecule has 0 fully saturated rings. The molecule has 0 saturated carbocycles. The van der Waals surface area contributed by atoms with E-state index in [4.69, 9.17) is 0 Å². The van der Waals surface area contributed by atoms with Crippen molar-refractivity contribution >= 4 is 75.9 Å². The molecular formula is C33H33I2N2+. The van der Waals surface area contributed by atoms with Gasteiger partial charge in [-0.1, -0.05) is 74.5 Å². The van der Waals surface area contributed by atoms with Crippen molar-refractivity contribution in [3.63, 3.8) is 0 Å². The molecule has 0 N–H and O–H groups in total. The van der Waals surface area contributed by atoms with Gasteiger partial charge in [0.15, 0.2) is 5.71 Å². The molecule has 0 saturated heterocycles. The summed E-state index contributed by atoms with van der Waals surface area (Å²) in [6.07, 6.45) is 6.88. The molecule has 0 atom stereocenters. The van der Waals surface area contributed by atoms with Gasteiger partial charge in [-0.15, -0.1) is 0 Å². The first-order valence-electron chi connectivity index (χ1n) is 12.7. The topological polar surface area (TPSA) is 6.25 Å². The van der Waals surface area contributed by atoms with Gasteiger partial charge in [0.25, 0.3) is 0 Å². The lowest BCUT2D eigenvalue weighted by Crippen LogP contribution is -2.27. The Hall–Kier alpha value is -2.19. The third-order valence-electron chi connectivity index (χ3n) is 8.30. The van der Waals surface area contributed by atoms with E-state index in [1.54, 1.807) is 0 Å². The van der Waals surface area contributed by atoms with Crippen molar-refractivity contribution in [3.8, 4) is 0 Å². The summed E-state index contributed by atoms with van der Waals surface area (Å²) in [5.41, 5.74) is 7.94. The van der Waals surface area contributed by atoms with Crippen molar-refractivity contribution in [1.82, 2.24) is 0 Å². The van der Waals surface area contributed by atoms with E-state index < -0.39 is 0 Å². The molecule has 2 heterocycles. The van der Waals surface area contributed by atoms with Crippen molar-refractivity contribution in [3.05, 3.63) is 108 Å². The van der Waals surface area contributed by atoms with Crippen molar-refractivity contribution in [2.24, 2.45) is 0 Å². The maximum Gasteiger partial charge on any atom is 0.210 e. The minimum absolute atomic E-state index is 0.0732. The molecule has 0 aromatic heterocycles. The fraction of sp³-hybridized carbons (Fsp3) is 0.242. The molecule has 0 unspecified atom stereocenters. The van der Waals surface area contributed by atoms with Gasteiger partial charge in [-0.25, -0.2) is 0 Å². The molecule has 0 spiro atoms. The minimum atomic E-state index is -0.0732. The molecule has 0 amide bonds. The summed E-state index contributed by atoms with van der Waals surface area (Å²) in [6, 6.07) is 26.5. The van der Waals surface area contributed by atoms with Crippen LogP contribution >= 0.6 is 37.2 Å². The smallest absolute Gasteiger partial charge is 0.210 e. The summed E-state index contributed by atoms with van der Waals surface area (Å²) in [5.74, 6) is 0. The number of anilines is 1. The molecule has 0 radical (unpaired) electrons. The van der Waals surface area contributed by atoms with Crippen LogP contribution in [-0.2, 0) is 10.8 Å². The Kier molecular flexibility index (Phi) is 7.03. The third-order valence-corrected chi connectivity index (χ3v) is 8.30. The van der Waals surface area contributed by atoms with Crippen LogP contribution in [0.15, 0.2) is 96.7 Å². The highest BCUT2D eigenvalue weighted by atomic mass is 128. The number of benzene rings is 4. The maximum absolute atomic E-state index is 2.36. The van der Waals surface area contributed by atoms with Crippen LogP contribution in [0.2, 0.25) is 0 Å². The molecule has 2 aliphatic heterocycles. The Morgan fingerprint density at radius 2 is 1.30 bits per heavy atom. The van der Waals surface area contributed by atoms with Crippen LogP contribution < -0.4 is 4.90 Å². The molecular weight excluding hydrogens is 678 g/mol. The van der Waals surface area contributed by atoms with Crippen LogP contribution in [0, 0.1) is 0 Å². The molecule has 6 rings (SSSR count). The van der Waals surface area contributed by atoms with E-state index in [0.29, 0.717) is 0 Å². The van der Waals surface area contributed by atoms with Crippen LogP contribution in [-0.4, -0.2) is 24.4 Å². The van der Waals surface area contributed by atoms with Gasteiger partial charge in [0.2, 0.25) is 5.69 Å². The average molecular weight is 711 g/mol. The Bertz CT molecular complexity index is 1620. The van der Waals surface area contributed by atoms with Gasteiger partial charge < -0.3 is 4.90 Å². The number of nitrogens with zero attached hydrogens (tertiary/aromatic N) is 2. The fourth-order valence-electron chi connectivity index (χ4n) is 6.62. The quantitative estimate of drug-likeness (QED) is 0.148. The van der Waals surface area contributed by atoms with Crippen molar-refractivity contribution in [1.29, 1.82) is 0 Å². The summed E-state index contributed by atoms with van der Waals surface area (Å²) in [6.45, 7) is 9.40. The predicted octanol–water partition coefficient (Wildman–Crippen LogP) is 9.64. The molecule has 2 aliphatic rings. The number of fused-ring (bicyclic) bond motifs is 6. The standard InChI is InChI=1S/C33H33N2.I2/c1-32(2)28(34(5)26-20-18-22-12-7-9-14-24(22)30(26)32)16-11-17-29-33(3,4)31-25-15-10-8-13-23(25)19-21-27(31)35(29)6;1-2/h7-21H,1-6H3;/q+1;. The van der Waals surface area contributed by atoms with Crippen molar-refractivity contribution in [2.75, 3.05) is 19.0 Å². The van der Waals surface area contributed by atoms with Crippen LogP contribution in [0.3, 0.4) is 0 Å². The average Bonchev–Trinajstić information content (AvgIpc) is 3.23. The number of allylic oxidation sites excluding steroid dienone is 4. The van der Waals surface area contributed by atoms with Gasteiger partial charge in [0.1, 0.15) is 7.05 Å². The summed E-state index contributed by atoms with van der Waals surface area (Å²) in [4.78, 5) is 2.36. The first-order chi connectivity index (χ1) is 17.7. The first kappa shape index (κ1) is 26.4. The normalized spacial score (nSPS) is 18.5. The van der Waals surface area contributed by atoms with Crippen molar-refractivity contribution in [2.45, 2.75) is 38.5 Å².